The van der Waals surface area contributed by atoms with Gasteiger partial charge in [-0.25, -0.2) is 0 Å². The molecule has 0 saturated heterocycles. The standard InChI is InChI=1S/C6H10OS.K.H/c1-2-3-4-5-7-6-8;;/h2,6H,1,3-5H2;;. The predicted octanol–water partition coefficient (Wildman–Crippen LogP) is 1.28. The van der Waals surface area contributed by atoms with Crippen molar-refractivity contribution in [3.63, 3.8) is 0 Å². The molecule has 48 valence electrons. The van der Waals surface area contributed by atoms with Gasteiger partial charge in [-0.3, -0.25) is 0 Å². The van der Waals surface area contributed by atoms with Crippen LogP contribution in [-0.4, -0.2) is 63.5 Å². The number of thiocarbonyl (C=S) groups is 1. The van der Waals surface area contributed by atoms with Crippen LogP contribution in [0.1, 0.15) is 12.8 Å². The van der Waals surface area contributed by atoms with Crippen LogP contribution in [0.25, 0.3) is 0 Å². The van der Waals surface area contributed by atoms with Gasteiger partial charge in [0.15, 0.2) is 0 Å². The average molecular weight is 170 g/mol. The molecule has 0 atom stereocenters. The van der Waals surface area contributed by atoms with E-state index in [9.17, 15) is 0 Å². The molecule has 0 unspecified atom stereocenters. The molecule has 0 radical (unpaired) electrons. The van der Waals surface area contributed by atoms with E-state index in [2.05, 4.69) is 18.8 Å². The minimum atomic E-state index is 0. The summed E-state index contributed by atoms with van der Waals surface area (Å²) in [6, 6.07) is 0. The fourth-order valence-electron chi connectivity index (χ4n) is 0.359. The van der Waals surface area contributed by atoms with Crippen LogP contribution in [0.3, 0.4) is 0 Å². The molecule has 0 saturated carbocycles. The third-order valence-electron chi connectivity index (χ3n) is 0.738. The van der Waals surface area contributed by atoms with Gasteiger partial charge >= 0.3 is 51.4 Å². The second kappa shape index (κ2) is 12.0. The first-order valence-electron chi connectivity index (χ1n) is 2.58. The van der Waals surface area contributed by atoms with Gasteiger partial charge in [0.05, 0.1) is 6.61 Å². The van der Waals surface area contributed by atoms with Crippen LogP contribution in [0.2, 0.25) is 0 Å². The summed E-state index contributed by atoms with van der Waals surface area (Å²) in [7, 11) is 0. The van der Waals surface area contributed by atoms with Crippen LogP contribution >= 0.6 is 12.2 Å². The van der Waals surface area contributed by atoms with Crippen LogP contribution in [0.4, 0.5) is 0 Å². The fourth-order valence-corrected chi connectivity index (χ4v) is 0.455. The zero-order chi connectivity index (χ0) is 6.24. The summed E-state index contributed by atoms with van der Waals surface area (Å²) in [5.74, 6) is 0. The topological polar surface area (TPSA) is 9.23 Å². The molecule has 0 aromatic carbocycles. The minimum absolute atomic E-state index is 0. The van der Waals surface area contributed by atoms with E-state index in [1.54, 1.807) is 0 Å². The third kappa shape index (κ3) is 12.5. The Morgan fingerprint density at radius 1 is 1.56 bits per heavy atom. The summed E-state index contributed by atoms with van der Waals surface area (Å²) >= 11 is 4.43. The molecule has 0 amide bonds. The summed E-state index contributed by atoms with van der Waals surface area (Å²) in [5, 5.41) is 0. The van der Waals surface area contributed by atoms with E-state index in [1.807, 2.05) is 6.08 Å². The number of hydrogen-bond donors (Lipinski definition) is 0. The predicted molar refractivity (Wildman–Crippen MR) is 46.2 cm³/mol. The van der Waals surface area contributed by atoms with Crippen LogP contribution in [0, 0.1) is 0 Å². The zero-order valence-electron chi connectivity index (χ0n) is 4.80. The third-order valence-corrected chi connectivity index (χ3v) is 0.875. The average Bonchev–Trinajstić information content (AvgIpc) is 1.81. The fraction of sp³-hybridized carbons (Fsp3) is 0.500. The molecule has 0 rings (SSSR count). The van der Waals surface area contributed by atoms with Gasteiger partial charge in [-0.15, -0.1) is 6.58 Å². The van der Waals surface area contributed by atoms with E-state index < -0.39 is 0 Å². The Morgan fingerprint density at radius 2 is 2.22 bits per heavy atom. The van der Waals surface area contributed by atoms with Crippen molar-refractivity contribution < 1.29 is 4.74 Å². The first-order chi connectivity index (χ1) is 3.91. The Morgan fingerprint density at radius 3 is 2.67 bits per heavy atom. The van der Waals surface area contributed by atoms with Gasteiger partial charge in [0.25, 0.3) is 0 Å². The second-order valence-electron chi connectivity index (χ2n) is 1.40. The Kier molecular flexibility index (Phi) is 17.2. The molecule has 1 nitrogen and oxygen atoms in total. The molecular formula is C6H11KOS. The number of allylic oxidation sites excluding steroid dienone is 1. The molecule has 0 aliphatic carbocycles. The van der Waals surface area contributed by atoms with E-state index in [0.717, 1.165) is 19.4 Å². The normalized spacial score (nSPS) is 7.11. The molecule has 3 heteroatoms. The van der Waals surface area contributed by atoms with Crippen molar-refractivity contribution in [1.82, 2.24) is 0 Å². The molecule has 0 aliphatic rings. The summed E-state index contributed by atoms with van der Waals surface area (Å²) in [5.41, 5.74) is 1.29. The molecule has 0 heterocycles. The Balaban J connectivity index is 0. The van der Waals surface area contributed by atoms with Crippen LogP contribution in [0.15, 0.2) is 12.7 Å². The van der Waals surface area contributed by atoms with Crippen LogP contribution in [-0.2, 0) is 4.74 Å². The van der Waals surface area contributed by atoms with Crippen molar-refractivity contribution in [2.75, 3.05) is 6.61 Å². The van der Waals surface area contributed by atoms with Crippen molar-refractivity contribution in [3.05, 3.63) is 12.7 Å². The van der Waals surface area contributed by atoms with Crippen molar-refractivity contribution in [2.45, 2.75) is 12.8 Å². The summed E-state index contributed by atoms with van der Waals surface area (Å²) in [6.07, 6.45) is 3.88. The van der Waals surface area contributed by atoms with Crippen molar-refractivity contribution in [2.24, 2.45) is 0 Å². The molecule has 9 heavy (non-hydrogen) atoms. The number of unbranched alkanes of at least 4 members (excludes halogenated alkanes) is 1. The molecule has 0 aromatic heterocycles. The van der Waals surface area contributed by atoms with E-state index in [1.165, 1.54) is 5.55 Å². The van der Waals surface area contributed by atoms with Gasteiger partial charge in [-0.1, -0.05) is 6.08 Å². The van der Waals surface area contributed by atoms with E-state index in [-0.39, 0.29) is 51.4 Å². The maximum atomic E-state index is 4.78. The van der Waals surface area contributed by atoms with Gasteiger partial charge < -0.3 is 4.74 Å². The van der Waals surface area contributed by atoms with E-state index in [0.29, 0.717) is 0 Å². The van der Waals surface area contributed by atoms with Crippen molar-refractivity contribution >= 4 is 69.2 Å². The first kappa shape index (κ1) is 12.9. The molecule has 0 fully saturated rings. The Labute approximate surface area is 104 Å². The SMILES string of the molecule is C=CCCCOC=S.[KH]. The first-order valence-corrected chi connectivity index (χ1v) is 3.05. The molecule has 0 aliphatic heterocycles. The number of ether oxygens (including phenoxy) is 1. The summed E-state index contributed by atoms with van der Waals surface area (Å²) in [6.45, 7) is 4.28. The molecular weight excluding hydrogens is 159 g/mol. The van der Waals surface area contributed by atoms with Crippen molar-refractivity contribution in [1.29, 1.82) is 0 Å². The monoisotopic (exact) mass is 170 g/mol. The van der Waals surface area contributed by atoms with E-state index in [4.69, 9.17) is 4.74 Å². The van der Waals surface area contributed by atoms with E-state index >= 15 is 0 Å². The Bertz CT molecular complexity index is 65.5. The molecule has 0 spiro atoms. The molecule has 0 N–H and O–H groups in total. The van der Waals surface area contributed by atoms with Gasteiger partial charge in [-0.05, 0) is 25.1 Å². The summed E-state index contributed by atoms with van der Waals surface area (Å²) < 4.78 is 4.78. The van der Waals surface area contributed by atoms with Gasteiger partial charge in [0, 0.05) is 0 Å². The maximum absolute atomic E-state index is 4.78. The van der Waals surface area contributed by atoms with Crippen LogP contribution < -0.4 is 0 Å². The number of rotatable bonds is 5. The Hall–Kier alpha value is 1.27. The second-order valence-corrected chi connectivity index (χ2v) is 1.59. The van der Waals surface area contributed by atoms with Gasteiger partial charge in [-0.2, -0.15) is 0 Å². The molecule has 0 aromatic rings. The zero-order valence-corrected chi connectivity index (χ0v) is 5.62. The summed E-state index contributed by atoms with van der Waals surface area (Å²) in [4.78, 5) is 0. The molecule has 0 bridgehead atoms. The quantitative estimate of drug-likeness (QED) is 0.266. The van der Waals surface area contributed by atoms with Gasteiger partial charge in [0.1, 0.15) is 5.55 Å². The van der Waals surface area contributed by atoms with Crippen molar-refractivity contribution in [3.8, 4) is 0 Å². The number of hydrogen-bond acceptors (Lipinski definition) is 2. The van der Waals surface area contributed by atoms with Crippen LogP contribution in [0.5, 0.6) is 0 Å². The van der Waals surface area contributed by atoms with Gasteiger partial charge in [0.2, 0.25) is 0 Å².